The number of nitrogens with zero attached hydrogens (tertiary/aromatic N) is 2. The normalized spacial score (nSPS) is 14.8. The number of urea groups is 1. The molecular formula is C19H22N4O3. The van der Waals surface area contributed by atoms with E-state index in [0.29, 0.717) is 24.7 Å². The zero-order chi connectivity index (χ0) is 18.4. The van der Waals surface area contributed by atoms with Crippen molar-refractivity contribution in [1.82, 2.24) is 15.2 Å². The summed E-state index contributed by atoms with van der Waals surface area (Å²) in [6.07, 6.45) is 1.43. The molecule has 0 aliphatic carbocycles. The van der Waals surface area contributed by atoms with E-state index in [2.05, 4.69) is 15.6 Å². The van der Waals surface area contributed by atoms with Crippen LogP contribution in [0.4, 0.5) is 10.6 Å². The van der Waals surface area contributed by atoms with Crippen molar-refractivity contribution < 1.29 is 14.3 Å². The Labute approximate surface area is 152 Å². The standard InChI is InChI=1S/C19H22N4O3/c1-26-17-10-5-9-16(21-17)22-19(25)20-15(14-7-3-2-4-8-14)13-23-12-6-11-18(23)24/h2-5,7-10,15H,6,11-13H2,1H3,(H2,20,21,22,25). The maximum absolute atomic E-state index is 12.4. The van der Waals surface area contributed by atoms with Gasteiger partial charge >= 0.3 is 6.03 Å². The van der Waals surface area contributed by atoms with Crippen molar-refractivity contribution in [3.8, 4) is 5.88 Å². The van der Waals surface area contributed by atoms with E-state index in [-0.39, 0.29) is 18.0 Å². The molecule has 1 saturated heterocycles. The summed E-state index contributed by atoms with van der Waals surface area (Å²) in [6.45, 7) is 1.17. The lowest BCUT2D eigenvalue weighted by Gasteiger charge is -2.25. The largest absolute Gasteiger partial charge is 0.481 e. The van der Waals surface area contributed by atoms with Gasteiger partial charge in [-0.2, -0.15) is 4.98 Å². The number of aromatic nitrogens is 1. The quantitative estimate of drug-likeness (QED) is 0.835. The van der Waals surface area contributed by atoms with Gasteiger partial charge in [-0.15, -0.1) is 0 Å². The van der Waals surface area contributed by atoms with Gasteiger partial charge in [-0.25, -0.2) is 4.79 Å². The molecule has 1 aromatic carbocycles. The molecule has 2 heterocycles. The van der Waals surface area contributed by atoms with Crippen LogP contribution in [0.15, 0.2) is 48.5 Å². The van der Waals surface area contributed by atoms with Crippen LogP contribution in [0.5, 0.6) is 5.88 Å². The van der Waals surface area contributed by atoms with E-state index in [1.165, 1.54) is 7.11 Å². The van der Waals surface area contributed by atoms with E-state index in [9.17, 15) is 9.59 Å². The molecule has 0 saturated carbocycles. The molecule has 0 radical (unpaired) electrons. The van der Waals surface area contributed by atoms with E-state index in [1.807, 2.05) is 30.3 Å². The fourth-order valence-electron chi connectivity index (χ4n) is 2.95. The Hall–Kier alpha value is -3.09. The highest BCUT2D eigenvalue weighted by atomic mass is 16.5. The third-order valence-corrected chi connectivity index (χ3v) is 4.26. The van der Waals surface area contributed by atoms with E-state index in [4.69, 9.17) is 4.74 Å². The third kappa shape index (κ3) is 4.50. The number of carbonyl (C=O) groups is 2. The molecule has 7 heteroatoms. The van der Waals surface area contributed by atoms with Crippen molar-refractivity contribution >= 4 is 17.8 Å². The van der Waals surface area contributed by atoms with Crippen LogP contribution in [0.3, 0.4) is 0 Å². The molecule has 2 aromatic rings. The molecule has 1 aliphatic rings. The second kappa shape index (κ2) is 8.33. The maximum atomic E-state index is 12.4. The van der Waals surface area contributed by atoms with Gasteiger partial charge in [0, 0.05) is 25.6 Å². The van der Waals surface area contributed by atoms with Crippen LogP contribution < -0.4 is 15.4 Å². The number of amides is 3. The fraction of sp³-hybridized carbons (Fsp3) is 0.316. The first-order valence-electron chi connectivity index (χ1n) is 8.57. The molecule has 1 atom stereocenters. The number of benzene rings is 1. The van der Waals surface area contributed by atoms with Gasteiger partial charge in [0.15, 0.2) is 0 Å². The smallest absolute Gasteiger partial charge is 0.320 e. The summed E-state index contributed by atoms with van der Waals surface area (Å²) in [5.74, 6) is 0.943. The van der Waals surface area contributed by atoms with Crippen LogP contribution in [0.1, 0.15) is 24.4 Å². The molecule has 2 N–H and O–H groups in total. The lowest BCUT2D eigenvalue weighted by Crippen LogP contribution is -2.40. The van der Waals surface area contributed by atoms with Gasteiger partial charge in [-0.05, 0) is 18.1 Å². The van der Waals surface area contributed by atoms with E-state index in [1.54, 1.807) is 23.1 Å². The van der Waals surface area contributed by atoms with Gasteiger partial charge in [0.1, 0.15) is 5.82 Å². The fourth-order valence-corrected chi connectivity index (χ4v) is 2.95. The molecule has 1 aromatic heterocycles. The molecule has 1 fully saturated rings. The predicted octanol–water partition coefficient (Wildman–Crippen LogP) is 2.58. The van der Waals surface area contributed by atoms with Crippen molar-refractivity contribution in [1.29, 1.82) is 0 Å². The van der Waals surface area contributed by atoms with E-state index >= 15 is 0 Å². The summed E-state index contributed by atoms with van der Waals surface area (Å²) in [5.41, 5.74) is 0.945. The molecule has 1 aliphatic heterocycles. The molecule has 0 bridgehead atoms. The Morgan fingerprint density at radius 1 is 1.23 bits per heavy atom. The molecule has 3 amide bonds. The average molecular weight is 354 g/mol. The molecule has 7 nitrogen and oxygen atoms in total. The second-order valence-electron chi connectivity index (χ2n) is 6.07. The first-order valence-corrected chi connectivity index (χ1v) is 8.57. The van der Waals surface area contributed by atoms with Gasteiger partial charge in [0.2, 0.25) is 11.8 Å². The van der Waals surface area contributed by atoms with Crippen LogP contribution in [0.25, 0.3) is 0 Å². The Kier molecular flexibility index (Phi) is 5.68. The zero-order valence-corrected chi connectivity index (χ0v) is 14.6. The van der Waals surface area contributed by atoms with Crippen LogP contribution in [0.2, 0.25) is 0 Å². The molecule has 26 heavy (non-hydrogen) atoms. The minimum absolute atomic E-state index is 0.127. The number of ether oxygens (including phenoxy) is 1. The summed E-state index contributed by atoms with van der Waals surface area (Å²) >= 11 is 0. The highest BCUT2D eigenvalue weighted by Crippen LogP contribution is 2.19. The first-order chi connectivity index (χ1) is 12.7. The van der Waals surface area contributed by atoms with E-state index < -0.39 is 0 Å². The van der Waals surface area contributed by atoms with Crippen LogP contribution in [-0.2, 0) is 4.79 Å². The predicted molar refractivity (Wildman–Crippen MR) is 97.9 cm³/mol. The first kappa shape index (κ1) is 17.7. The van der Waals surface area contributed by atoms with Crippen LogP contribution in [0, 0.1) is 0 Å². The van der Waals surface area contributed by atoms with Crippen molar-refractivity contribution in [2.24, 2.45) is 0 Å². The lowest BCUT2D eigenvalue weighted by atomic mass is 10.1. The minimum atomic E-state index is -0.383. The van der Waals surface area contributed by atoms with Crippen molar-refractivity contribution in [3.63, 3.8) is 0 Å². The Morgan fingerprint density at radius 3 is 2.73 bits per heavy atom. The Balaban J connectivity index is 1.70. The molecular weight excluding hydrogens is 332 g/mol. The van der Waals surface area contributed by atoms with Crippen molar-refractivity contribution in [3.05, 3.63) is 54.1 Å². The maximum Gasteiger partial charge on any atom is 0.320 e. The lowest BCUT2D eigenvalue weighted by molar-refractivity contribution is -0.128. The number of carbonyl (C=O) groups excluding carboxylic acids is 2. The van der Waals surface area contributed by atoms with E-state index in [0.717, 1.165) is 18.5 Å². The van der Waals surface area contributed by atoms with Gasteiger partial charge in [0.05, 0.1) is 13.2 Å². The molecule has 1 unspecified atom stereocenters. The SMILES string of the molecule is COc1cccc(NC(=O)NC(CN2CCCC2=O)c2ccccc2)n1. The number of pyridine rings is 1. The second-order valence-corrected chi connectivity index (χ2v) is 6.07. The topological polar surface area (TPSA) is 83.6 Å². The van der Waals surface area contributed by atoms with Crippen molar-refractivity contribution in [2.45, 2.75) is 18.9 Å². The number of likely N-dealkylation sites (tertiary alicyclic amines) is 1. The van der Waals surface area contributed by atoms with Gasteiger partial charge in [-0.3, -0.25) is 10.1 Å². The number of hydrogen-bond donors (Lipinski definition) is 2. The number of hydrogen-bond acceptors (Lipinski definition) is 4. The molecule has 136 valence electrons. The number of methoxy groups -OCH3 is 1. The van der Waals surface area contributed by atoms with Gasteiger partial charge in [-0.1, -0.05) is 36.4 Å². The van der Waals surface area contributed by atoms with Gasteiger partial charge < -0.3 is 15.0 Å². The van der Waals surface area contributed by atoms with Gasteiger partial charge in [0.25, 0.3) is 0 Å². The Bertz CT molecular complexity index is 766. The Morgan fingerprint density at radius 2 is 2.04 bits per heavy atom. The summed E-state index contributed by atoms with van der Waals surface area (Å²) in [5, 5.41) is 5.65. The molecule has 0 spiro atoms. The van der Waals surface area contributed by atoms with Crippen molar-refractivity contribution in [2.75, 3.05) is 25.5 Å². The summed E-state index contributed by atoms with van der Waals surface area (Å²) in [6, 6.07) is 14.1. The highest BCUT2D eigenvalue weighted by Gasteiger charge is 2.25. The summed E-state index contributed by atoms with van der Waals surface area (Å²) in [4.78, 5) is 30.4. The minimum Gasteiger partial charge on any atom is -0.481 e. The number of nitrogens with one attached hydrogen (secondary N) is 2. The summed E-state index contributed by atoms with van der Waals surface area (Å²) < 4.78 is 5.06. The number of anilines is 1. The highest BCUT2D eigenvalue weighted by molar-refractivity contribution is 5.88. The summed E-state index contributed by atoms with van der Waals surface area (Å²) in [7, 11) is 1.52. The monoisotopic (exact) mass is 354 g/mol. The van der Waals surface area contributed by atoms with Crippen LogP contribution >= 0.6 is 0 Å². The number of rotatable bonds is 6. The third-order valence-electron chi connectivity index (χ3n) is 4.26. The zero-order valence-electron chi connectivity index (χ0n) is 14.6. The molecule has 3 rings (SSSR count). The van der Waals surface area contributed by atoms with Crippen LogP contribution in [-0.4, -0.2) is 42.0 Å². The average Bonchev–Trinajstić information content (AvgIpc) is 3.06.